The lowest BCUT2D eigenvalue weighted by Crippen LogP contribution is -2.03. The fourth-order valence-corrected chi connectivity index (χ4v) is 2.14. The largest absolute Gasteiger partial charge is 0.370 e. The Morgan fingerprint density at radius 3 is 2.78 bits per heavy atom. The maximum atomic E-state index is 10.9. The van der Waals surface area contributed by atoms with Crippen LogP contribution in [0.5, 0.6) is 0 Å². The minimum absolute atomic E-state index is 0.0925. The van der Waals surface area contributed by atoms with Crippen LogP contribution in [-0.4, -0.2) is 22.2 Å². The maximum absolute atomic E-state index is 10.9. The van der Waals surface area contributed by atoms with Gasteiger partial charge in [0.05, 0.1) is 11.0 Å². The highest BCUT2D eigenvalue weighted by Crippen LogP contribution is 2.25. The van der Waals surface area contributed by atoms with Crippen LogP contribution < -0.4 is 5.32 Å². The Labute approximate surface area is 112 Å². The minimum atomic E-state index is -0.377. The number of nitrogens with zero attached hydrogens (tertiary/aromatic N) is 2. The van der Waals surface area contributed by atoms with Crippen LogP contribution >= 0.6 is 11.8 Å². The van der Waals surface area contributed by atoms with E-state index in [1.54, 1.807) is 11.8 Å². The second kappa shape index (κ2) is 7.20. The van der Waals surface area contributed by atoms with Crippen molar-refractivity contribution in [3.05, 3.63) is 22.2 Å². The van der Waals surface area contributed by atoms with Gasteiger partial charge in [0.2, 0.25) is 0 Å². The van der Waals surface area contributed by atoms with E-state index < -0.39 is 0 Å². The van der Waals surface area contributed by atoms with Crippen molar-refractivity contribution in [2.24, 2.45) is 5.92 Å². The average molecular weight is 269 g/mol. The molecule has 6 heteroatoms. The summed E-state index contributed by atoms with van der Waals surface area (Å²) in [5.41, 5.74) is 0.0925. The first-order valence-corrected chi connectivity index (χ1v) is 7.04. The molecular weight excluding hydrogens is 250 g/mol. The monoisotopic (exact) mass is 269 g/mol. The van der Waals surface area contributed by atoms with E-state index in [0.717, 1.165) is 18.7 Å². The summed E-state index contributed by atoms with van der Waals surface area (Å²) in [6.07, 6.45) is 0.957. The summed E-state index contributed by atoms with van der Waals surface area (Å²) in [5, 5.41) is 14.7. The highest BCUT2D eigenvalue weighted by Gasteiger charge is 2.11. The van der Waals surface area contributed by atoms with E-state index in [1.807, 2.05) is 6.92 Å². The molecule has 0 aliphatic heterocycles. The second-order valence-corrected chi connectivity index (χ2v) is 5.48. The van der Waals surface area contributed by atoms with Crippen molar-refractivity contribution in [3.8, 4) is 0 Å². The lowest BCUT2D eigenvalue weighted by molar-refractivity contribution is -0.385. The molecule has 0 saturated heterocycles. The van der Waals surface area contributed by atoms with E-state index in [1.165, 1.54) is 12.1 Å². The molecule has 0 amide bonds. The van der Waals surface area contributed by atoms with Crippen LogP contribution in [0.15, 0.2) is 17.2 Å². The van der Waals surface area contributed by atoms with Gasteiger partial charge in [-0.3, -0.25) is 10.1 Å². The highest BCUT2D eigenvalue weighted by atomic mass is 32.2. The van der Waals surface area contributed by atoms with E-state index in [2.05, 4.69) is 24.1 Å². The molecular formula is C12H19N3O2S. The first-order chi connectivity index (χ1) is 8.52. The first-order valence-electron chi connectivity index (χ1n) is 6.06. The Hall–Kier alpha value is -1.30. The molecule has 1 rings (SSSR count). The Morgan fingerprint density at radius 2 is 2.22 bits per heavy atom. The minimum Gasteiger partial charge on any atom is -0.370 e. The van der Waals surface area contributed by atoms with Crippen molar-refractivity contribution >= 4 is 23.3 Å². The maximum Gasteiger partial charge on any atom is 0.275 e. The summed E-state index contributed by atoms with van der Waals surface area (Å²) in [5.74, 6) is 2.02. The van der Waals surface area contributed by atoms with Gasteiger partial charge in [-0.1, -0.05) is 20.8 Å². The van der Waals surface area contributed by atoms with Crippen LogP contribution in [0.1, 0.15) is 27.2 Å². The Balaban J connectivity index is 2.87. The van der Waals surface area contributed by atoms with E-state index >= 15 is 0 Å². The summed E-state index contributed by atoms with van der Waals surface area (Å²) in [4.78, 5) is 14.9. The van der Waals surface area contributed by atoms with Crippen molar-refractivity contribution in [3.63, 3.8) is 0 Å². The standard InChI is InChI=1S/C12H19N3O2S/c1-4-5-13-11-6-10(15(16)17)7-12(14-11)18-8-9(2)3/h6-7,9H,4-5,8H2,1-3H3,(H,13,14). The number of aromatic nitrogens is 1. The van der Waals surface area contributed by atoms with Gasteiger partial charge in [-0.05, 0) is 12.3 Å². The van der Waals surface area contributed by atoms with E-state index in [9.17, 15) is 10.1 Å². The summed E-state index contributed by atoms with van der Waals surface area (Å²) >= 11 is 1.55. The van der Waals surface area contributed by atoms with E-state index in [-0.39, 0.29) is 10.6 Å². The van der Waals surface area contributed by atoms with Crippen LogP contribution in [0.2, 0.25) is 0 Å². The summed E-state index contributed by atoms with van der Waals surface area (Å²) in [6.45, 7) is 7.03. The van der Waals surface area contributed by atoms with Gasteiger partial charge in [0.1, 0.15) is 10.8 Å². The summed E-state index contributed by atoms with van der Waals surface area (Å²) < 4.78 is 0. The van der Waals surface area contributed by atoms with Gasteiger partial charge in [-0.25, -0.2) is 4.98 Å². The number of anilines is 1. The van der Waals surface area contributed by atoms with Gasteiger partial charge in [-0.2, -0.15) is 0 Å². The third kappa shape index (κ3) is 4.91. The average Bonchev–Trinajstić information content (AvgIpc) is 2.33. The molecule has 1 aromatic heterocycles. The number of nitrogens with one attached hydrogen (secondary N) is 1. The highest BCUT2D eigenvalue weighted by molar-refractivity contribution is 7.99. The number of nitro groups is 1. The predicted octanol–water partition coefficient (Wildman–Crippen LogP) is 3.56. The quantitative estimate of drug-likeness (QED) is 0.465. The van der Waals surface area contributed by atoms with Crippen molar-refractivity contribution in [2.75, 3.05) is 17.6 Å². The zero-order valence-corrected chi connectivity index (χ0v) is 11.8. The van der Waals surface area contributed by atoms with Crippen LogP contribution in [0, 0.1) is 16.0 Å². The fraction of sp³-hybridized carbons (Fsp3) is 0.583. The molecule has 0 aliphatic rings. The molecule has 5 nitrogen and oxygen atoms in total. The van der Waals surface area contributed by atoms with Crippen LogP contribution in [0.3, 0.4) is 0 Å². The predicted molar refractivity (Wildman–Crippen MR) is 75.2 cm³/mol. The van der Waals surface area contributed by atoms with E-state index in [0.29, 0.717) is 16.8 Å². The number of pyridine rings is 1. The molecule has 0 saturated carbocycles. The molecule has 0 aromatic carbocycles. The van der Waals surface area contributed by atoms with Crippen molar-refractivity contribution in [1.82, 2.24) is 4.98 Å². The van der Waals surface area contributed by atoms with Gasteiger partial charge in [0, 0.05) is 18.4 Å². The molecule has 0 unspecified atom stereocenters. The van der Waals surface area contributed by atoms with Gasteiger partial charge >= 0.3 is 0 Å². The van der Waals surface area contributed by atoms with Gasteiger partial charge in [-0.15, -0.1) is 11.8 Å². The number of hydrogen-bond donors (Lipinski definition) is 1. The molecule has 1 aromatic rings. The Bertz CT molecular complexity index is 410. The van der Waals surface area contributed by atoms with Crippen LogP contribution in [0.25, 0.3) is 0 Å². The van der Waals surface area contributed by atoms with Crippen molar-refractivity contribution in [2.45, 2.75) is 32.2 Å². The molecule has 0 spiro atoms. The Kier molecular flexibility index (Phi) is 5.91. The summed E-state index contributed by atoms with van der Waals surface area (Å²) in [7, 11) is 0. The topological polar surface area (TPSA) is 68.1 Å². The number of thioether (sulfide) groups is 1. The molecule has 0 bridgehead atoms. The zero-order chi connectivity index (χ0) is 13.5. The number of rotatable bonds is 7. The lowest BCUT2D eigenvalue weighted by atomic mass is 10.3. The normalized spacial score (nSPS) is 10.7. The lowest BCUT2D eigenvalue weighted by Gasteiger charge is -2.07. The van der Waals surface area contributed by atoms with Gasteiger partial charge in [0.25, 0.3) is 5.69 Å². The van der Waals surface area contributed by atoms with Gasteiger partial charge < -0.3 is 5.32 Å². The molecule has 100 valence electrons. The molecule has 1 N–H and O–H groups in total. The fourth-order valence-electron chi connectivity index (χ4n) is 1.27. The Morgan fingerprint density at radius 1 is 1.50 bits per heavy atom. The molecule has 0 aliphatic carbocycles. The SMILES string of the molecule is CCCNc1cc([N+](=O)[O-])cc(SCC(C)C)n1. The van der Waals surface area contributed by atoms with E-state index in [4.69, 9.17) is 0 Å². The van der Waals surface area contributed by atoms with Crippen LogP contribution in [-0.2, 0) is 0 Å². The van der Waals surface area contributed by atoms with Crippen molar-refractivity contribution < 1.29 is 4.92 Å². The molecule has 0 radical (unpaired) electrons. The zero-order valence-electron chi connectivity index (χ0n) is 11.0. The van der Waals surface area contributed by atoms with Crippen LogP contribution in [0.4, 0.5) is 11.5 Å². The second-order valence-electron chi connectivity index (χ2n) is 4.44. The molecule has 0 fully saturated rings. The molecule has 18 heavy (non-hydrogen) atoms. The number of hydrogen-bond acceptors (Lipinski definition) is 5. The van der Waals surface area contributed by atoms with Gasteiger partial charge in [0.15, 0.2) is 0 Å². The smallest absolute Gasteiger partial charge is 0.275 e. The third-order valence-electron chi connectivity index (χ3n) is 2.12. The first kappa shape index (κ1) is 14.8. The third-order valence-corrected chi connectivity index (χ3v) is 3.46. The summed E-state index contributed by atoms with van der Waals surface area (Å²) in [6, 6.07) is 3.01. The van der Waals surface area contributed by atoms with Crippen molar-refractivity contribution in [1.29, 1.82) is 0 Å². The molecule has 1 heterocycles. The molecule has 0 atom stereocenters.